The number of piperidine rings is 1. The first kappa shape index (κ1) is 9.93. The van der Waals surface area contributed by atoms with Gasteiger partial charge in [-0.1, -0.05) is 0 Å². The van der Waals surface area contributed by atoms with Gasteiger partial charge in [-0.05, 0) is 31.3 Å². The smallest absolute Gasteiger partial charge is 0.209 e. The maximum atomic E-state index is 10.0. The van der Waals surface area contributed by atoms with E-state index in [1.165, 1.54) is 19.5 Å². The molecule has 0 aromatic rings. The Balaban J connectivity index is 0.000000110. The second kappa shape index (κ2) is 4.75. The highest BCUT2D eigenvalue weighted by molar-refractivity contribution is 5.46. The molecule has 4 heteroatoms. The molecule has 80 valence electrons. The number of hydrogen-bond donors (Lipinski definition) is 1. The van der Waals surface area contributed by atoms with Gasteiger partial charge in [0.1, 0.15) is 0 Å². The first-order valence-corrected chi connectivity index (χ1v) is 5.38. The molecule has 0 bridgehead atoms. The third kappa shape index (κ3) is 2.69. The lowest BCUT2D eigenvalue weighted by Gasteiger charge is -2.21. The molecule has 0 aromatic carbocycles. The molecule has 14 heavy (non-hydrogen) atoms. The normalized spacial score (nSPS) is 34.1. The minimum Gasteiger partial charge on any atom is -0.378 e. The summed E-state index contributed by atoms with van der Waals surface area (Å²) in [5.41, 5.74) is 0. The number of nitrogens with one attached hydrogen (secondary N) is 1. The van der Waals surface area contributed by atoms with Gasteiger partial charge in [0.25, 0.3) is 0 Å². The highest BCUT2D eigenvalue weighted by atomic mass is 16.5. The lowest BCUT2D eigenvalue weighted by atomic mass is 10.4. The molecule has 2 unspecified atom stereocenters. The molecule has 2 aliphatic heterocycles. The number of amides is 1. The lowest BCUT2D eigenvalue weighted by molar-refractivity contribution is -0.121. The van der Waals surface area contributed by atoms with E-state index in [2.05, 4.69) is 5.32 Å². The number of fused-ring (bicyclic) bond motifs is 1. The standard InChI is InChI=1S/C5H9NO2.C5H9N/c7-5-6-1-3-8-4-2-6;1-4-2-6-3-5(1)4/h5H,1-4H2;4-6H,1-3H2. The topological polar surface area (TPSA) is 41.6 Å². The van der Waals surface area contributed by atoms with E-state index in [1.807, 2.05) is 0 Å². The quantitative estimate of drug-likeness (QED) is 0.588. The molecule has 1 saturated carbocycles. The number of ether oxygens (including phenoxy) is 1. The van der Waals surface area contributed by atoms with Crippen LogP contribution in [-0.2, 0) is 9.53 Å². The Morgan fingerprint density at radius 1 is 1.21 bits per heavy atom. The van der Waals surface area contributed by atoms with Gasteiger partial charge in [0.2, 0.25) is 6.41 Å². The molecule has 1 aliphatic carbocycles. The summed E-state index contributed by atoms with van der Waals surface area (Å²) >= 11 is 0. The van der Waals surface area contributed by atoms with Crippen molar-refractivity contribution >= 4 is 6.41 Å². The Hall–Kier alpha value is -0.610. The Kier molecular flexibility index (Phi) is 3.37. The molecule has 1 N–H and O–H groups in total. The Morgan fingerprint density at radius 2 is 1.86 bits per heavy atom. The van der Waals surface area contributed by atoms with Crippen molar-refractivity contribution in [1.29, 1.82) is 0 Å². The van der Waals surface area contributed by atoms with Crippen LogP contribution in [0.4, 0.5) is 0 Å². The fraction of sp³-hybridized carbons (Fsp3) is 0.900. The van der Waals surface area contributed by atoms with Crippen LogP contribution in [0.1, 0.15) is 6.42 Å². The molecule has 4 nitrogen and oxygen atoms in total. The van der Waals surface area contributed by atoms with Crippen molar-refractivity contribution in [2.75, 3.05) is 39.4 Å². The fourth-order valence-corrected chi connectivity index (χ4v) is 1.95. The van der Waals surface area contributed by atoms with E-state index < -0.39 is 0 Å². The summed E-state index contributed by atoms with van der Waals surface area (Å²) in [6.07, 6.45) is 2.38. The zero-order valence-electron chi connectivity index (χ0n) is 8.45. The van der Waals surface area contributed by atoms with Gasteiger partial charge in [-0.15, -0.1) is 0 Å². The minimum absolute atomic E-state index is 0.693. The minimum atomic E-state index is 0.693. The van der Waals surface area contributed by atoms with Gasteiger partial charge in [-0.3, -0.25) is 4.79 Å². The molecule has 0 radical (unpaired) electrons. The number of carbonyl (C=O) groups is 1. The first-order chi connectivity index (χ1) is 6.90. The maximum Gasteiger partial charge on any atom is 0.209 e. The highest BCUT2D eigenvalue weighted by Gasteiger charge is 2.40. The summed E-state index contributed by atoms with van der Waals surface area (Å²) < 4.78 is 5.00. The molecule has 2 atom stereocenters. The van der Waals surface area contributed by atoms with E-state index in [9.17, 15) is 4.79 Å². The number of hydrogen-bond acceptors (Lipinski definition) is 3. The second-order valence-electron chi connectivity index (χ2n) is 4.17. The Bertz CT molecular complexity index is 185. The SMILES string of the molecule is C1NCC2CC12.O=CN1CCOCC1. The van der Waals surface area contributed by atoms with Crippen LogP contribution in [0.25, 0.3) is 0 Å². The second-order valence-corrected chi connectivity index (χ2v) is 4.17. The lowest BCUT2D eigenvalue weighted by Crippen LogP contribution is -2.34. The van der Waals surface area contributed by atoms with Crippen LogP contribution in [0.3, 0.4) is 0 Å². The number of carbonyl (C=O) groups excluding carboxylic acids is 1. The average molecular weight is 198 g/mol. The molecule has 1 amide bonds. The van der Waals surface area contributed by atoms with Gasteiger partial charge < -0.3 is 15.0 Å². The maximum absolute atomic E-state index is 10.0. The molecular weight excluding hydrogens is 180 g/mol. The van der Waals surface area contributed by atoms with Crippen LogP contribution in [0, 0.1) is 11.8 Å². The molecule has 0 spiro atoms. The Labute approximate surface area is 84.6 Å². The van der Waals surface area contributed by atoms with Crippen LogP contribution in [-0.4, -0.2) is 50.7 Å². The Morgan fingerprint density at radius 3 is 2.14 bits per heavy atom. The van der Waals surface area contributed by atoms with Crippen molar-refractivity contribution in [3.63, 3.8) is 0 Å². The average Bonchev–Trinajstić information content (AvgIpc) is 2.88. The molecule has 3 aliphatic rings. The highest BCUT2D eigenvalue weighted by Crippen LogP contribution is 2.40. The van der Waals surface area contributed by atoms with Crippen molar-refractivity contribution in [1.82, 2.24) is 10.2 Å². The third-order valence-electron chi connectivity index (χ3n) is 3.08. The van der Waals surface area contributed by atoms with Gasteiger partial charge in [0, 0.05) is 13.1 Å². The zero-order valence-corrected chi connectivity index (χ0v) is 8.45. The van der Waals surface area contributed by atoms with Crippen LogP contribution < -0.4 is 5.32 Å². The predicted molar refractivity (Wildman–Crippen MR) is 52.9 cm³/mol. The van der Waals surface area contributed by atoms with Gasteiger partial charge in [-0.2, -0.15) is 0 Å². The van der Waals surface area contributed by atoms with Crippen molar-refractivity contribution in [2.24, 2.45) is 11.8 Å². The summed E-state index contributed by atoms with van der Waals surface area (Å²) in [6, 6.07) is 0. The van der Waals surface area contributed by atoms with Gasteiger partial charge in [0.15, 0.2) is 0 Å². The molecule has 2 saturated heterocycles. The van der Waals surface area contributed by atoms with Crippen LogP contribution in [0.15, 0.2) is 0 Å². The van der Waals surface area contributed by atoms with Crippen molar-refractivity contribution in [3.05, 3.63) is 0 Å². The van der Waals surface area contributed by atoms with E-state index in [0.29, 0.717) is 13.2 Å². The monoisotopic (exact) mass is 198 g/mol. The van der Waals surface area contributed by atoms with Gasteiger partial charge in [0.05, 0.1) is 13.2 Å². The third-order valence-corrected chi connectivity index (χ3v) is 3.08. The molecule has 3 fully saturated rings. The number of morpholine rings is 1. The van der Waals surface area contributed by atoms with Crippen molar-refractivity contribution < 1.29 is 9.53 Å². The summed E-state index contributed by atoms with van der Waals surface area (Å²) in [5.74, 6) is 2.20. The number of nitrogens with zero attached hydrogens (tertiary/aromatic N) is 1. The van der Waals surface area contributed by atoms with E-state index in [-0.39, 0.29) is 0 Å². The summed E-state index contributed by atoms with van der Waals surface area (Å²) in [4.78, 5) is 11.7. The molecule has 3 rings (SSSR count). The van der Waals surface area contributed by atoms with Crippen molar-refractivity contribution in [3.8, 4) is 0 Å². The molecule has 2 heterocycles. The summed E-state index contributed by atoms with van der Waals surface area (Å²) in [5, 5.41) is 3.32. The van der Waals surface area contributed by atoms with Gasteiger partial charge >= 0.3 is 0 Å². The summed E-state index contributed by atoms with van der Waals surface area (Å²) in [6.45, 7) is 5.51. The summed E-state index contributed by atoms with van der Waals surface area (Å²) in [7, 11) is 0. The van der Waals surface area contributed by atoms with Crippen LogP contribution in [0.5, 0.6) is 0 Å². The van der Waals surface area contributed by atoms with E-state index in [4.69, 9.17) is 4.74 Å². The van der Waals surface area contributed by atoms with Crippen LogP contribution >= 0.6 is 0 Å². The predicted octanol–water partition coefficient (Wildman–Crippen LogP) is -0.299. The van der Waals surface area contributed by atoms with E-state index >= 15 is 0 Å². The van der Waals surface area contributed by atoms with Crippen molar-refractivity contribution in [2.45, 2.75) is 6.42 Å². The number of rotatable bonds is 1. The zero-order chi connectivity index (χ0) is 9.80. The van der Waals surface area contributed by atoms with Crippen LogP contribution in [0.2, 0.25) is 0 Å². The molecule has 0 aromatic heterocycles. The van der Waals surface area contributed by atoms with E-state index in [0.717, 1.165) is 31.3 Å². The van der Waals surface area contributed by atoms with Gasteiger partial charge in [-0.25, -0.2) is 0 Å². The molecular formula is C10H18N2O2. The largest absolute Gasteiger partial charge is 0.378 e. The first-order valence-electron chi connectivity index (χ1n) is 5.38. The fourth-order valence-electron chi connectivity index (χ4n) is 1.95. The van der Waals surface area contributed by atoms with E-state index in [1.54, 1.807) is 4.90 Å².